The number of ether oxygens (including phenoxy) is 2. The lowest BCUT2D eigenvalue weighted by Crippen LogP contribution is -2.48. The molecule has 0 amide bonds. The fourth-order valence-corrected chi connectivity index (χ4v) is 4.90. The summed E-state index contributed by atoms with van der Waals surface area (Å²) in [4.78, 5) is 10.9. The molecular weight excluding hydrogens is 501 g/mol. The van der Waals surface area contributed by atoms with Gasteiger partial charge in [0.2, 0.25) is 0 Å². The van der Waals surface area contributed by atoms with Crippen LogP contribution in [0.2, 0.25) is 0 Å². The molecule has 0 saturated carbocycles. The number of nitrogens with one attached hydrogen (secondary N) is 2. The molecule has 29 heavy (non-hydrogen) atoms. The third kappa shape index (κ3) is 7.62. The fraction of sp³-hybridized carbons (Fsp3) is 0.750. The average Bonchev–Trinajstić information content (AvgIpc) is 3.42. The first kappa shape index (κ1) is 24.8. The molecule has 2 aliphatic heterocycles. The Labute approximate surface area is 196 Å². The van der Waals surface area contributed by atoms with Crippen molar-refractivity contribution in [2.24, 2.45) is 4.99 Å². The Morgan fingerprint density at radius 2 is 2.17 bits per heavy atom. The first-order valence-corrected chi connectivity index (χ1v) is 11.2. The van der Waals surface area contributed by atoms with E-state index < -0.39 is 0 Å². The Kier molecular flexibility index (Phi) is 11.8. The summed E-state index contributed by atoms with van der Waals surface area (Å²) in [7, 11) is 3.62. The van der Waals surface area contributed by atoms with Gasteiger partial charge >= 0.3 is 0 Å². The summed E-state index contributed by atoms with van der Waals surface area (Å²) in [6.07, 6.45) is 2.50. The maximum absolute atomic E-state index is 5.54. The smallest absolute Gasteiger partial charge is 0.191 e. The SMILES string of the molecule is CN=C(NCC1CCCN1CCOC)NCC(c1cccs1)N1CCOCC1.I. The number of morpholine rings is 1. The molecule has 0 aromatic carbocycles. The van der Waals surface area contributed by atoms with E-state index in [-0.39, 0.29) is 24.0 Å². The van der Waals surface area contributed by atoms with Crippen LogP contribution >= 0.6 is 35.3 Å². The molecule has 3 heterocycles. The topological polar surface area (TPSA) is 61.4 Å². The zero-order valence-electron chi connectivity index (χ0n) is 17.6. The molecule has 0 spiro atoms. The van der Waals surface area contributed by atoms with Crippen molar-refractivity contribution in [2.75, 3.05) is 73.2 Å². The summed E-state index contributed by atoms with van der Waals surface area (Å²) >= 11 is 1.82. The second kappa shape index (κ2) is 13.8. The van der Waals surface area contributed by atoms with Crippen molar-refractivity contribution in [3.05, 3.63) is 22.4 Å². The number of methoxy groups -OCH3 is 1. The van der Waals surface area contributed by atoms with Crippen LogP contribution in [0.5, 0.6) is 0 Å². The lowest BCUT2D eigenvalue weighted by molar-refractivity contribution is 0.0177. The molecule has 1 aromatic rings. The van der Waals surface area contributed by atoms with E-state index in [9.17, 15) is 0 Å². The van der Waals surface area contributed by atoms with Crippen LogP contribution in [0.1, 0.15) is 23.8 Å². The molecule has 2 N–H and O–H groups in total. The molecular formula is C20H36IN5O2S. The van der Waals surface area contributed by atoms with E-state index in [0.29, 0.717) is 12.1 Å². The third-order valence-corrected chi connectivity index (χ3v) is 6.60. The van der Waals surface area contributed by atoms with Crippen molar-refractivity contribution in [2.45, 2.75) is 24.9 Å². The van der Waals surface area contributed by atoms with Crippen LogP contribution < -0.4 is 10.6 Å². The number of aliphatic imine (C=N–C) groups is 1. The Morgan fingerprint density at radius 3 is 2.86 bits per heavy atom. The lowest BCUT2D eigenvalue weighted by Gasteiger charge is -2.34. The lowest BCUT2D eigenvalue weighted by atomic mass is 10.2. The van der Waals surface area contributed by atoms with Crippen LogP contribution in [-0.4, -0.2) is 95.0 Å². The van der Waals surface area contributed by atoms with Crippen molar-refractivity contribution < 1.29 is 9.47 Å². The molecule has 2 atom stereocenters. The van der Waals surface area contributed by atoms with E-state index in [1.807, 2.05) is 18.4 Å². The predicted molar refractivity (Wildman–Crippen MR) is 131 cm³/mol. The number of likely N-dealkylation sites (tertiary alicyclic amines) is 1. The van der Waals surface area contributed by atoms with Crippen molar-refractivity contribution in [1.29, 1.82) is 0 Å². The Bertz CT molecular complexity index is 583. The molecule has 3 rings (SSSR count). The largest absolute Gasteiger partial charge is 0.383 e. The Balaban J connectivity index is 0.00000300. The van der Waals surface area contributed by atoms with Gasteiger partial charge in [-0.2, -0.15) is 0 Å². The third-order valence-electron chi connectivity index (χ3n) is 5.63. The van der Waals surface area contributed by atoms with E-state index >= 15 is 0 Å². The number of hydrogen-bond acceptors (Lipinski definition) is 6. The summed E-state index contributed by atoms with van der Waals surface area (Å²) in [5.41, 5.74) is 0. The minimum atomic E-state index is 0. The quantitative estimate of drug-likeness (QED) is 0.286. The van der Waals surface area contributed by atoms with Crippen LogP contribution in [0.4, 0.5) is 0 Å². The Morgan fingerprint density at radius 1 is 1.34 bits per heavy atom. The van der Waals surface area contributed by atoms with E-state index in [4.69, 9.17) is 9.47 Å². The van der Waals surface area contributed by atoms with Gasteiger partial charge in [0.05, 0.1) is 25.9 Å². The van der Waals surface area contributed by atoms with Gasteiger partial charge in [-0.05, 0) is 30.8 Å². The standard InChI is InChI=1S/C20H35N5O2S.HI/c1-21-20(22-15-17-5-3-7-24(17)8-11-26-2)23-16-18(19-6-4-14-28-19)25-9-12-27-13-10-25;/h4,6,14,17-18H,3,5,7-13,15-16H2,1-2H3,(H2,21,22,23);1H. The maximum atomic E-state index is 5.54. The second-order valence-corrected chi connectivity index (χ2v) is 8.32. The highest BCUT2D eigenvalue weighted by Crippen LogP contribution is 2.25. The van der Waals surface area contributed by atoms with Gasteiger partial charge in [0.25, 0.3) is 0 Å². The molecule has 1 aromatic heterocycles. The van der Waals surface area contributed by atoms with Gasteiger partial charge in [-0.15, -0.1) is 35.3 Å². The summed E-state index contributed by atoms with van der Waals surface area (Å²) in [6, 6.07) is 5.28. The van der Waals surface area contributed by atoms with Gasteiger partial charge < -0.3 is 20.1 Å². The maximum Gasteiger partial charge on any atom is 0.191 e. The molecule has 2 saturated heterocycles. The van der Waals surface area contributed by atoms with Gasteiger partial charge in [0, 0.05) is 57.8 Å². The number of nitrogens with zero attached hydrogens (tertiary/aromatic N) is 3. The van der Waals surface area contributed by atoms with Gasteiger partial charge in [-0.1, -0.05) is 6.07 Å². The Hall–Kier alpha value is -0.460. The number of halogens is 1. The molecule has 0 aliphatic carbocycles. The van der Waals surface area contributed by atoms with Crippen LogP contribution in [-0.2, 0) is 9.47 Å². The van der Waals surface area contributed by atoms with Crippen molar-refractivity contribution >= 4 is 41.3 Å². The molecule has 166 valence electrons. The normalized spacial score (nSPS) is 22.3. The molecule has 9 heteroatoms. The van der Waals surface area contributed by atoms with E-state index in [1.165, 1.54) is 24.3 Å². The molecule has 2 unspecified atom stereocenters. The highest BCUT2D eigenvalue weighted by Gasteiger charge is 2.25. The summed E-state index contributed by atoms with van der Waals surface area (Å²) in [5, 5.41) is 9.25. The van der Waals surface area contributed by atoms with Crippen LogP contribution in [0, 0.1) is 0 Å². The van der Waals surface area contributed by atoms with Gasteiger partial charge in [0.1, 0.15) is 0 Å². The molecule has 7 nitrogen and oxygen atoms in total. The number of rotatable bonds is 9. The number of thiophene rings is 1. The highest BCUT2D eigenvalue weighted by molar-refractivity contribution is 14.0. The predicted octanol–water partition coefficient (Wildman–Crippen LogP) is 2.02. The summed E-state index contributed by atoms with van der Waals surface area (Å²) in [6.45, 7) is 8.32. The second-order valence-electron chi connectivity index (χ2n) is 7.34. The molecule has 2 aliphatic rings. The first-order chi connectivity index (χ1) is 13.8. The average molecular weight is 538 g/mol. The molecule has 0 bridgehead atoms. The monoisotopic (exact) mass is 537 g/mol. The van der Waals surface area contributed by atoms with Crippen LogP contribution in [0.15, 0.2) is 22.5 Å². The molecule has 2 fully saturated rings. The zero-order valence-corrected chi connectivity index (χ0v) is 20.8. The van der Waals surface area contributed by atoms with Gasteiger partial charge in [-0.3, -0.25) is 14.8 Å². The highest BCUT2D eigenvalue weighted by atomic mass is 127. The van der Waals surface area contributed by atoms with Gasteiger partial charge in [0.15, 0.2) is 5.96 Å². The number of hydrogen-bond donors (Lipinski definition) is 2. The number of guanidine groups is 1. The van der Waals surface area contributed by atoms with Crippen LogP contribution in [0.25, 0.3) is 0 Å². The summed E-state index contributed by atoms with van der Waals surface area (Å²) < 4.78 is 10.8. The van der Waals surface area contributed by atoms with Crippen molar-refractivity contribution in [3.8, 4) is 0 Å². The van der Waals surface area contributed by atoms with Gasteiger partial charge in [-0.25, -0.2) is 0 Å². The van der Waals surface area contributed by atoms with E-state index in [1.54, 1.807) is 7.11 Å². The molecule has 0 radical (unpaired) electrons. The minimum Gasteiger partial charge on any atom is -0.383 e. The zero-order chi connectivity index (χ0) is 19.6. The van der Waals surface area contributed by atoms with Crippen molar-refractivity contribution in [3.63, 3.8) is 0 Å². The minimum absolute atomic E-state index is 0. The van der Waals surface area contributed by atoms with E-state index in [2.05, 4.69) is 42.9 Å². The summed E-state index contributed by atoms with van der Waals surface area (Å²) in [5.74, 6) is 0.883. The fourth-order valence-electron chi connectivity index (χ4n) is 4.04. The van der Waals surface area contributed by atoms with E-state index in [0.717, 1.165) is 58.5 Å². The van der Waals surface area contributed by atoms with Crippen molar-refractivity contribution in [1.82, 2.24) is 20.4 Å². The first-order valence-electron chi connectivity index (χ1n) is 10.3. The van der Waals surface area contributed by atoms with Crippen LogP contribution in [0.3, 0.4) is 0 Å².